The molecule has 0 aliphatic carbocycles. The zero-order valence-corrected chi connectivity index (χ0v) is 10.3. The minimum atomic E-state index is -5.00. The summed E-state index contributed by atoms with van der Waals surface area (Å²) < 4.78 is 71.5. The van der Waals surface area contributed by atoms with E-state index in [1.165, 1.54) is 0 Å². The lowest BCUT2D eigenvalue weighted by atomic mass is 10.2. The van der Waals surface area contributed by atoms with Gasteiger partial charge in [-0.2, -0.15) is 13.2 Å². The number of hydrogen-bond acceptors (Lipinski definition) is 2. The number of halogens is 6. The maximum Gasteiger partial charge on any atom is 0.419 e. The third-order valence-corrected chi connectivity index (χ3v) is 3.35. The van der Waals surface area contributed by atoms with Gasteiger partial charge in [-0.05, 0) is 12.1 Å². The van der Waals surface area contributed by atoms with Crippen molar-refractivity contribution in [3.8, 4) is 0 Å². The van der Waals surface area contributed by atoms with Crippen molar-refractivity contribution in [1.82, 2.24) is 0 Å². The van der Waals surface area contributed by atoms with Gasteiger partial charge in [0.15, 0.2) is 5.82 Å². The third kappa shape index (κ3) is 2.86. The summed E-state index contributed by atoms with van der Waals surface area (Å²) in [5, 5.41) is 0. The molecule has 0 spiro atoms. The minimum absolute atomic E-state index is 0.236. The Hall–Kier alpha value is -0.340. The van der Waals surface area contributed by atoms with Gasteiger partial charge in [-0.1, -0.05) is 15.9 Å². The van der Waals surface area contributed by atoms with Gasteiger partial charge in [0.25, 0.3) is 9.05 Å². The fourth-order valence-electron chi connectivity index (χ4n) is 0.948. The molecule has 1 aromatic rings. The van der Waals surface area contributed by atoms with E-state index >= 15 is 0 Å². The summed E-state index contributed by atoms with van der Waals surface area (Å²) in [4.78, 5) is -1.21. The molecule has 0 heterocycles. The summed E-state index contributed by atoms with van der Waals surface area (Å²) in [7, 11) is 0.230. The van der Waals surface area contributed by atoms with Crippen LogP contribution in [0.4, 0.5) is 17.6 Å². The minimum Gasteiger partial charge on any atom is -0.207 e. The Morgan fingerprint density at radius 3 is 2.12 bits per heavy atom. The lowest BCUT2D eigenvalue weighted by Gasteiger charge is -2.10. The average molecular weight is 342 g/mol. The Balaban J connectivity index is 3.64. The number of hydrogen-bond donors (Lipinski definition) is 0. The van der Waals surface area contributed by atoms with Crippen molar-refractivity contribution in [2.45, 2.75) is 11.1 Å². The van der Waals surface area contributed by atoms with E-state index in [0.29, 0.717) is 12.1 Å². The molecule has 16 heavy (non-hydrogen) atoms. The molecule has 0 N–H and O–H groups in total. The van der Waals surface area contributed by atoms with Crippen LogP contribution in [0.3, 0.4) is 0 Å². The number of benzene rings is 1. The van der Waals surface area contributed by atoms with E-state index in [1.54, 1.807) is 0 Å². The molecule has 1 aromatic carbocycles. The second kappa shape index (κ2) is 4.15. The Kier molecular flexibility index (Phi) is 3.56. The maximum atomic E-state index is 13.2. The topological polar surface area (TPSA) is 34.1 Å². The molecule has 0 aliphatic rings. The van der Waals surface area contributed by atoms with Crippen LogP contribution in [0.25, 0.3) is 0 Å². The largest absolute Gasteiger partial charge is 0.419 e. The van der Waals surface area contributed by atoms with Gasteiger partial charge in [0.2, 0.25) is 0 Å². The van der Waals surface area contributed by atoms with Gasteiger partial charge in [0.1, 0.15) is 4.90 Å². The predicted octanol–water partition coefficient (Wildman–Crippen LogP) is 3.53. The molecule has 0 bridgehead atoms. The second-order valence-electron chi connectivity index (χ2n) is 2.70. The maximum absolute atomic E-state index is 13.2. The van der Waals surface area contributed by atoms with E-state index in [9.17, 15) is 26.0 Å². The Morgan fingerprint density at radius 2 is 1.75 bits per heavy atom. The molecule has 1 rings (SSSR count). The molecule has 0 aromatic heterocycles. The van der Waals surface area contributed by atoms with Gasteiger partial charge in [-0.25, -0.2) is 12.8 Å². The summed E-state index contributed by atoms with van der Waals surface area (Å²) in [6.45, 7) is 0. The van der Waals surface area contributed by atoms with E-state index in [4.69, 9.17) is 10.7 Å². The highest BCUT2D eigenvalue weighted by molar-refractivity contribution is 9.10. The van der Waals surface area contributed by atoms with Crippen molar-refractivity contribution in [2.24, 2.45) is 0 Å². The molecular formula is C7H2BrClF4O2S. The van der Waals surface area contributed by atoms with Crippen molar-refractivity contribution in [2.75, 3.05) is 0 Å². The second-order valence-corrected chi connectivity index (χ2v) is 6.15. The standard InChI is InChI=1S/C7H2BrClF4O2S/c8-3-1-4(7(11,12)13)6(10)5(2-3)16(9,14)15/h1-2H. The zero-order valence-electron chi connectivity index (χ0n) is 7.15. The summed E-state index contributed by atoms with van der Waals surface area (Å²) in [6, 6.07) is 1.09. The highest BCUT2D eigenvalue weighted by atomic mass is 79.9. The van der Waals surface area contributed by atoms with Crippen LogP contribution in [0.15, 0.2) is 21.5 Å². The molecule has 2 nitrogen and oxygen atoms in total. The molecule has 0 fully saturated rings. The van der Waals surface area contributed by atoms with Crippen molar-refractivity contribution in [3.05, 3.63) is 28.0 Å². The van der Waals surface area contributed by atoms with E-state index in [-0.39, 0.29) is 4.47 Å². The average Bonchev–Trinajstić information content (AvgIpc) is 2.04. The fraction of sp³-hybridized carbons (Fsp3) is 0.143. The predicted molar refractivity (Wildman–Crippen MR) is 52.1 cm³/mol. The van der Waals surface area contributed by atoms with Crippen LogP contribution in [0.1, 0.15) is 5.56 Å². The van der Waals surface area contributed by atoms with Crippen molar-refractivity contribution in [3.63, 3.8) is 0 Å². The molecule has 0 saturated heterocycles. The summed E-state index contributed by atoms with van der Waals surface area (Å²) >= 11 is 2.64. The first-order chi connectivity index (χ1) is 7.03. The summed E-state index contributed by atoms with van der Waals surface area (Å²) in [5.41, 5.74) is -1.69. The summed E-state index contributed by atoms with van der Waals surface area (Å²) in [6.07, 6.45) is -5.00. The molecule has 0 amide bonds. The van der Waals surface area contributed by atoms with Crippen LogP contribution in [0.2, 0.25) is 0 Å². The molecule has 0 aliphatic heterocycles. The van der Waals surface area contributed by atoms with Crippen LogP contribution < -0.4 is 0 Å². The monoisotopic (exact) mass is 340 g/mol. The molecule has 0 saturated carbocycles. The van der Waals surface area contributed by atoms with Crippen LogP contribution in [-0.4, -0.2) is 8.42 Å². The van der Waals surface area contributed by atoms with E-state index in [0.717, 1.165) is 0 Å². The molecule has 90 valence electrons. The normalized spacial score (nSPS) is 12.9. The van der Waals surface area contributed by atoms with Gasteiger partial charge >= 0.3 is 6.18 Å². The van der Waals surface area contributed by atoms with E-state index in [1.807, 2.05) is 0 Å². The van der Waals surface area contributed by atoms with Crippen LogP contribution in [0.5, 0.6) is 0 Å². The molecule has 0 atom stereocenters. The number of alkyl halides is 3. The van der Waals surface area contributed by atoms with Gasteiger partial charge in [0, 0.05) is 15.2 Å². The first-order valence-electron chi connectivity index (χ1n) is 3.54. The molecular weight excluding hydrogens is 339 g/mol. The van der Waals surface area contributed by atoms with Crippen LogP contribution >= 0.6 is 26.6 Å². The Morgan fingerprint density at radius 1 is 1.25 bits per heavy atom. The molecule has 9 heteroatoms. The highest BCUT2D eigenvalue weighted by Gasteiger charge is 2.37. The Bertz CT molecular complexity index is 526. The highest BCUT2D eigenvalue weighted by Crippen LogP contribution is 2.36. The lowest BCUT2D eigenvalue weighted by Crippen LogP contribution is -2.11. The van der Waals surface area contributed by atoms with Gasteiger partial charge in [0.05, 0.1) is 5.56 Å². The van der Waals surface area contributed by atoms with Gasteiger partial charge in [-0.15, -0.1) is 0 Å². The van der Waals surface area contributed by atoms with Crippen molar-refractivity contribution >= 4 is 35.7 Å². The van der Waals surface area contributed by atoms with Crippen molar-refractivity contribution in [1.29, 1.82) is 0 Å². The van der Waals surface area contributed by atoms with Gasteiger partial charge < -0.3 is 0 Å². The first kappa shape index (κ1) is 13.7. The smallest absolute Gasteiger partial charge is 0.207 e. The zero-order chi connectivity index (χ0) is 12.7. The van der Waals surface area contributed by atoms with Crippen LogP contribution in [-0.2, 0) is 15.2 Å². The lowest BCUT2D eigenvalue weighted by molar-refractivity contribution is -0.140. The third-order valence-electron chi connectivity index (χ3n) is 1.57. The van der Waals surface area contributed by atoms with Crippen molar-refractivity contribution < 1.29 is 26.0 Å². The fourth-order valence-corrected chi connectivity index (χ4v) is 2.49. The first-order valence-corrected chi connectivity index (χ1v) is 6.64. The molecule has 0 unspecified atom stereocenters. The molecule has 0 radical (unpaired) electrons. The van der Waals surface area contributed by atoms with Crippen LogP contribution in [0, 0.1) is 5.82 Å². The SMILES string of the molecule is O=S(=O)(Cl)c1cc(Br)cc(C(F)(F)F)c1F. The van der Waals surface area contributed by atoms with E-state index in [2.05, 4.69) is 15.9 Å². The van der Waals surface area contributed by atoms with Gasteiger partial charge in [-0.3, -0.25) is 0 Å². The quantitative estimate of drug-likeness (QED) is 0.578. The summed E-state index contributed by atoms with van der Waals surface area (Å²) in [5.74, 6) is -1.91. The van der Waals surface area contributed by atoms with E-state index < -0.39 is 31.5 Å². The number of rotatable bonds is 1. The Labute approximate surface area is 101 Å².